The van der Waals surface area contributed by atoms with E-state index in [0.717, 1.165) is 32.4 Å². The van der Waals surface area contributed by atoms with Crippen molar-refractivity contribution in [1.82, 2.24) is 14.7 Å². The summed E-state index contributed by atoms with van der Waals surface area (Å²) in [5.41, 5.74) is -1.05. The monoisotopic (exact) mass is 297 g/mol. The summed E-state index contributed by atoms with van der Waals surface area (Å²) < 4.78 is 0. The van der Waals surface area contributed by atoms with Gasteiger partial charge in [0.25, 0.3) is 0 Å². The maximum Gasteiger partial charge on any atom is 0.329 e. The molecule has 2 rings (SSSR count). The highest BCUT2D eigenvalue weighted by molar-refractivity contribution is 5.86. The lowest BCUT2D eigenvalue weighted by Crippen LogP contribution is -2.57. The number of likely N-dealkylation sites (N-methyl/N-ethyl adjacent to an activating group) is 1. The SMILES string of the molecule is CCC1CN(C)CCCN1C(=O)N1CCCC1(C)C(=O)O. The topological polar surface area (TPSA) is 64.1 Å². The van der Waals surface area contributed by atoms with Crippen molar-refractivity contribution in [3.05, 3.63) is 0 Å². The first-order valence-corrected chi connectivity index (χ1v) is 7.90. The third-order valence-corrected chi connectivity index (χ3v) is 4.95. The van der Waals surface area contributed by atoms with Gasteiger partial charge < -0.3 is 19.8 Å². The number of hydrogen-bond donors (Lipinski definition) is 1. The number of aliphatic carboxylic acids is 1. The van der Waals surface area contributed by atoms with Crippen LogP contribution in [0.3, 0.4) is 0 Å². The van der Waals surface area contributed by atoms with Gasteiger partial charge in [0.15, 0.2) is 0 Å². The number of carbonyl (C=O) groups excluding carboxylic acids is 1. The molecule has 1 N–H and O–H groups in total. The summed E-state index contributed by atoms with van der Waals surface area (Å²) in [6, 6.07) is 0.0724. The van der Waals surface area contributed by atoms with Gasteiger partial charge >= 0.3 is 12.0 Å². The molecule has 120 valence electrons. The van der Waals surface area contributed by atoms with Gasteiger partial charge in [-0.2, -0.15) is 0 Å². The lowest BCUT2D eigenvalue weighted by Gasteiger charge is -2.38. The third kappa shape index (κ3) is 3.00. The van der Waals surface area contributed by atoms with Crippen LogP contribution >= 0.6 is 0 Å². The average Bonchev–Trinajstić information content (AvgIpc) is 2.73. The number of nitrogens with zero attached hydrogens (tertiary/aromatic N) is 3. The van der Waals surface area contributed by atoms with E-state index in [0.29, 0.717) is 19.5 Å². The molecular formula is C15H27N3O3. The quantitative estimate of drug-likeness (QED) is 0.838. The van der Waals surface area contributed by atoms with Crippen LogP contribution < -0.4 is 0 Å². The number of amides is 2. The molecule has 0 aliphatic carbocycles. The second-order valence-electron chi connectivity index (χ2n) is 6.49. The van der Waals surface area contributed by atoms with Crippen molar-refractivity contribution in [2.75, 3.05) is 33.2 Å². The highest BCUT2D eigenvalue weighted by Crippen LogP contribution is 2.31. The third-order valence-electron chi connectivity index (χ3n) is 4.95. The zero-order valence-corrected chi connectivity index (χ0v) is 13.3. The van der Waals surface area contributed by atoms with E-state index in [1.165, 1.54) is 0 Å². The molecule has 0 aromatic rings. The van der Waals surface area contributed by atoms with Gasteiger partial charge in [-0.3, -0.25) is 0 Å². The Morgan fingerprint density at radius 2 is 1.95 bits per heavy atom. The Balaban J connectivity index is 2.19. The van der Waals surface area contributed by atoms with Crippen LogP contribution in [0.25, 0.3) is 0 Å². The summed E-state index contributed by atoms with van der Waals surface area (Å²) in [6.45, 7) is 6.87. The molecule has 2 atom stereocenters. The lowest BCUT2D eigenvalue weighted by molar-refractivity contribution is -0.147. The van der Waals surface area contributed by atoms with Crippen LogP contribution in [-0.4, -0.2) is 76.6 Å². The van der Waals surface area contributed by atoms with Gasteiger partial charge in [0, 0.05) is 25.7 Å². The zero-order chi connectivity index (χ0) is 15.6. The van der Waals surface area contributed by atoms with Crippen molar-refractivity contribution < 1.29 is 14.7 Å². The van der Waals surface area contributed by atoms with Crippen molar-refractivity contribution in [2.24, 2.45) is 0 Å². The van der Waals surface area contributed by atoms with Crippen molar-refractivity contribution in [3.8, 4) is 0 Å². The van der Waals surface area contributed by atoms with E-state index in [9.17, 15) is 14.7 Å². The normalized spacial score (nSPS) is 31.3. The molecule has 2 unspecified atom stereocenters. The molecule has 0 saturated carbocycles. The summed E-state index contributed by atoms with van der Waals surface area (Å²) in [4.78, 5) is 30.2. The van der Waals surface area contributed by atoms with Gasteiger partial charge in [-0.05, 0) is 46.2 Å². The Bertz CT molecular complexity index is 415. The number of rotatable bonds is 2. The van der Waals surface area contributed by atoms with E-state index < -0.39 is 11.5 Å². The van der Waals surface area contributed by atoms with Crippen LogP contribution in [0, 0.1) is 0 Å². The smallest absolute Gasteiger partial charge is 0.329 e. The fourth-order valence-electron chi connectivity index (χ4n) is 3.49. The van der Waals surface area contributed by atoms with Gasteiger partial charge in [-0.15, -0.1) is 0 Å². The predicted octanol–water partition coefficient (Wildman–Crippen LogP) is 1.46. The standard InChI is InChI=1S/C15H27N3O3/c1-4-12-11-16(3)8-6-9-17(12)14(21)18-10-5-7-15(18,2)13(19)20/h12H,4-11H2,1-3H3,(H,19,20). The molecule has 0 bridgehead atoms. The van der Waals surface area contributed by atoms with Crippen LogP contribution in [0.4, 0.5) is 4.79 Å². The molecule has 0 aromatic heterocycles. The number of hydrogen-bond acceptors (Lipinski definition) is 3. The van der Waals surface area contributed by atoms with E-state index in [-0.39, 0.29) is 12.1 Å². The minimum atomic E-state index is -1.05. The molecule has 2 heterocycles. The van der Waals surface area contributed by atoms with Crippen LogP contribution in [0.2, 0.25) is 0 Å². The van der Waals surface area contributed by atoms with E-state index in [1.807, 2.05) is 4.90 Å². The van der Waals surface area contributed by atoms with Crippen molar-refractivity contribution in [1.29, 1.82) is 0 Å². The first kappa shape index (κ1) is 16.1. The van der Waals surface area contributed by atoms with E-state index in [4.69, 9.17) is 0 Å². The van der Waals surface area contributed by atoms with Gasteiger partial charge in [0.1, 0.15) is 5.54 Å². The lowest BCUT2D eigenvalue weighted by atomic mass is 9.99. The second kappa shape index (κ2) is 6.22. The minimum absolute atomic E-state index is 0.0976. The van der Waals surface area contributed by atoms with Crippen molar-refractivity contribution >= 4 is 12.0 Å². The highest BCUT2D eigenvalue weighted by Gasteiger charge is 2.47. The number of likely N-dealkylation sites (tertiary alicyclic amines) is 1. The number of carboxylic acids is 1. The summed E-state index contributed by atoms with van der Waals surface area (Å²) in [6.07, 6.45) is 3.14. The van der Waals surface area contributed by atoms with E-state index in [1.54, 1.807) is 11.8 Å². The fraction of sp³-hybridized carbons (Fsp3) is 0.867. The van der Waals surface area contributed by atoms with Crippen molar-refractivity contribution in [3.63, 3.8) is 0 Å². The molecule has 2 aliphatic heterocycles. The summed E-state index contributed by atoms with van der Waals surface area (Å²) in [5.74, 6) is -0.895. The largest absolute Gasteiger partial charge is 0.480 e. The highest BCUT2D eigenvalue weighted by atomic mass is 16.4. The molecular weight excluding hydrogens is 270 g/mol. The number of urea groups is 1. The molecule has 2 fully saturated rings. The minimum Gasteiger partial charge on any atom is -0.480 e. The van der Waals surface area contributed by atoms with E-state index in [2.05, 4.69) is 18.9 Å². The Hall–Kier alpha value is -1.30. The molecule has 2 aliphatic rings. The van der Waals surface area contributed by atoms with Crippen LogP contribution in [0.15, 0.2) is 0 Å². The summed E-state index contributed by atoms with van der Waals surface area (Å²) in [5, 5.41) is 9.49. The maximum absolute atomic E-state index is 12.9. The first-order chi connectivity index (χ1) is 9.90. The molecule has 2 saturated heterocycles. The van der Waals surface area contributed by atoms with Gasteiger partial charge in [0.2, 0.25) is 0 Å². The number of carboxylic acid groups (broad SMARTS) is 1. The summed E-state index contributed by atoms with van der Waals surface area (Å²) >= 11 is 0. The van der Waals surface area contributed by atoms with Crippen molar-refractivity contribution in [2.45, 2.75) is 51.1 Å². The Labute approximate surface area is 126 Å². The molecule has 0 aromatic carbocycles. The van der Waals surface area contributed by atoms with E-state index >= 15 is 0 Å². The average molecular weight is 297 g/mol. The van der Waals surface area contributed by atoms with Gasteiger partial charge in [0.05, 0.1) is 0 Å². The fourth-order valence-corrected chi connectivity index (χ4v) is 3.49. The molecule has 0 radical (unpaired) electrons. The Morgan fingerprint density at radius 3 is 2.57 bits per heavy atom. The van der Waals surface area contributed by atoms with Crippen LogP contribution in [0.1, 0.15) is 39.5 Å². The maximum atomic E-state index is 12.9. The molecule has 6 heteroatoms. The number of carbonyl (C=O) groups is 2. The van der Waals surface area contributed by atoms with Crippen LogP contribution in [-0.2, 0) is 4.79 Å². The molecule has 21 heavy (non-hydrogen) atoms. The Morgan fingerprint density at radius 1 is 1.24 bits per heavy atom. The van der Waals surface area contributed by atoms with Crippen LogP contribution in [0.5, 0.6) is 0 Å². The molecule has 6 nitrogen and oxygen atoms in total. The predicted molar refractivity (Wildman–Crippen MR) is 80.3 cm³/mol. The summed E-state index contributed by atoms with van der Waals surface area (Å²) in [7, 11) is 2.08. The second-order valence-corrected chi connectivity index (χ2v) is 6.49. The molecule has 2 amide bonds. The van der Waals surface area contributed by atoms with Gasteiger partial charge in [-0.25, -0.2) is 9.59 Å². The van der Waals surface area contributed by atoms with Gasteiger partial charge in [-0.1, -0.05) is 6.92 Å². The zero-order valence-electron chi connectivity index (χ0n) is 13.3. The Kier molecular flexibility index (Phi) is 4.76. The first-order valence-electron chi connectivity index (χ1n) is 7.90. The molecule has 0 spiro atoms.